The molecule has 8 heavy (non-hydrogen) atoms. The summed E-state index contributed by atoms with van der Waals surface area (Å²) in [6.07, 6.45) is 0. The van der Waals surface area contributed by atoms with E-state index in [1.54, 1.807) is 0 Å². The standard InChI is InChI=1S/C7H14Br/c1-5(2)7(8)6(3)4/h5-6H,1-4H3. The summed E-state index contributed by atoms with van der Waals surface area (Å²) in [5, 5.41) is 0. The van der Waals surface area contributed by atoms with Crippen LogP contribution < -0.4 is 0 Å². The largest absolute Gasteiger partial charge is 0.0832 e. The van der Waals surface area contributed by atoms with Crippen LogP contribution in [0.5, 0.6) is 0 Å². The van der Waals surface area contributed by atoms with Crippen LogP contribution in [0.2, 0.25) is 0 Å². The quantitative estimate of drug-likeness (QED) is 0.608. The molecule has 0 unspecified atom stereocenters. The van der Waals surface area contributed by atoms with Crippen LogP contribution in [0.25, 0.3) is 0 Å². The van der Waals surface area contributed by atoms with Crippen molar-refractivity contribution in [2.45, 2.75) is 27.7 Å². The number of hydrogen-bond donors (Lipinski definition) is 0. The van der Waals surface area contributed by atoms with Gasteiger partial charge in [0, 0.05) is 4.83 Å². The van der Waals surface area contributed by atoms with E-state index in [-0.39, 0.29) is 0 Å². The van der Waals surface area contributed by atoms with E-state index in [0.29, 0.717) is 11.8 Å². The topological polar surface area (TPSA) is 0 Å². The van der Waals surface area contributed by atoms with Gasteiger partial charge in [-0.1, -0.05) is 43.6 Å². The maximum atomic E-state index is 3.52. The first-order valence-electron chi connectivity index (χ1n) is 3.08. The molecule has 0 aliphatic rings. The highest BCUT2D eigenvalue weighted by atomic mass is 79.9. The van der Waals surface area contributed by atoms with Gasteiger partial charge in [-0.15, -0.1) is 0 Å². The normalized spacial score (nSPS) is 12.0. The maximum Gasteiger partial charge on any atom is 0.0461 e. The molecule has 0 aromatic rings. The van der Waals surface area contributed by atoms with Gasteiger partial charge in [0.05, 0.1) is 0 Å². The second kappa shape index (κ2) is 3.49. The summed E-state index contributed by atoms with van der Waals surface area (Å²) >= 11 is 3.52. The van der Waals surface area contributed by atoms with Crippen molar-refractivity contribution in [3.05, 3.63) is 4.83 Å². The van der Waals surface area contributed by atoms with Gasteiger partial charge in [-0.25, -0.2) is 0 Å². The Hall–Kier alpha value is 0.480. The van der Waals surface area contributed by atoms with Crippen molar-refractivity contribution in [3.63, 3.8) is 0 Å². The van der Waals surface area contributed by atoms with Crippen molar-refractivity contribution in [3.8, 4) is 0 Å². The first kappa shape index (κ1) is 8.48. The van der Waals surface area contributed by atoms with Crippen molar-refractivity contribution in [2.75, 3.05) is 0 Å². The lowest BCUT2D eigenvalue weighted by atomic mass is 10.0. The molecule has 0 saturated heterocycles. The Morgan fingerprint density at radius 3 is 1.25 bits per heavy atom. The summed E-state index contributed by atoms with van der Waals surface area (Å²) in [7, 11) is 0. The molecule has 0 spiro atoms. The number of rotatable bonds is 2. The van der Waals surface area contributed by atoms with Gasteiger partial charge in [0.25, 0.3) is 0 Å². The van der Waals surface area contributed by atoms with Gasteiger partial charge in [0.2, 0.25) is 0 Å². The summed E-state index contributed by atoms with van der Waals surface area (Å²) in [6.45, 7) is 8.79. The van der Waals surface area contributed by atoms with Crippen molar-refractivity contribution in [2.24, 2.45) is 11.8 Å². The van der Waals surface area contributed by atoms with Gasteiger partial charge in [0.1, 0.15) is 0 Å². The monoisotopic (exact) mass is 177 g/mol. The minimum Gasteiger partial charge on any atom is -0.0832 e. The highest BCUT2D eigenvalue weighted by Crippen LogP contribution is 2.28. The molecule has 0 heterocycles. The van der Waals surface area contributed by atoms with Crippen LogP contribution in [0.3, 0.4) is 0 Å². The molecule has 0 rings (SSSR count). The summed E-state index contributed by atoms with van der Waals surface area (Å²) in [5.41, 5.74) is 0. The molecule has 0 aromatic heterocycles. The van der Waals surface area contributed by atoms with Crippen molar-refractivity contribution >= 4 is 15.9 Å². The molecule has 0 fully saturated rings. The van der Waals surface area contributed by atoms with E-state index in [2.05, 4.69) is 43.6 Å². The van der Waals surface area contributed by atoms with Gasteiger partial charge in [-0.2, -0.15) is 0 Å². The van der Waals surface area contributed by atoms with E-state index in [0.717, 1.165) is 0 Å². The number of hydrogen-bond acceptors (Lipinski definition) is 0. The van der Waals surface area contributed by atoms with Crippen molar-refractivity contribution < 1.29 is 0 Å². The highest BCUT2D eigenvalue weighted by molar-refractivity contribution is 9.11. The van der Waals surface area contributed by atoms with Gasteiger partial charge in [-0.05, 0) is 11.8 Å². The lowest BCUT2D eigenvalue weighted by molar-refractivity contribution is 0.595. The minimum absolute atomic E-state index is 0.676. The van der Waals surface area contributed by atoms with Crippen LogP contribution in [-0.2, 0) is 0 Å². The SMILES string of the molecule is CC(C)[C](Br)C(C)C. The Balaban J connectivity index is 3.46. The van der Waals surface area contributed by atoms with Crippen LogP contribution in [0.1, 0.15) is 27.7 Å². The van der Waals surface area contributed by atoms with Crippen molar-refractivity contribution in [1.82, 2.24) is 0 Å². The number of halogens is 1. The van der Waals surface area contributed by atoms with Crippen LogP contribution in [0.15, 0.2) is 0 Å². The van der Waals surface area contributed by atoms with Crippen LogP contribution in [-0.4, -0.2) is 0 Å². The zero-order valence-corrected chi connectivity index (χ0v) is 7.62. The van der Waals surface area contributed by atoms with E-state index in [9.17, 15) is 0 Å². The molecular formula is C7H14Br. The predicted octanol–water partition coefficient (Wildman–Crippen LogP) is 3.23. The summed E-state index contributed by atoms with van der Waals surface area (Å²) in [5.74, 6) is 1.35. The lowest BCUT2D eigenvalue weighted by Gasteiger charge is -2.15. The second-order valence-electron chi connectivity index (χ2n) is 2.69. The average molecular weight is 178 g/mol. The average Bonchev–Trinajstić information content (AvgIpc) is 1.64. The Labute approximate surface area is 60.8 Å². The fourth-order valence-electron chi connectivity index (χ4n) is 0.667. The first-order valence-corrected chi connectivity index (χ1v) is 3.87. The molecule has 0 amide bonds. The van der Waals surface area contributed by atoms with E-state index in [1.165, 1.54) is 4.83 Å². The Bertz CT molecular complexity index is 49.4. The zero-order chi connectivity index (χ0) is 6.73. The van der Waals surface area contributed by atoms with Crippen LogP contribution >= 0.6 is 15.9 Å². The maximum absolute atomic E-state index is 3.52. The Morgan fingerprint density at radius 1 is 1.00 bits per heavy atom. The molecule has 0 aromatic carbocycles. The molecule has 0 atom stereocenters. The molecule has 1 heteroatoms. The molecule has 0 aliphatic carbocycles. The molecule has 0 N–H and O–H groups in total. The van der Waals surface area contributed by atoms with Crippen LogP contribution in [0.4, 0.5) is 0 Å². The third kappa shape index (κ3) is 2.71. The van der Waals surface area contributed by atoms with Gasteiger partial charge < -0.3 is 0 Å². The van der Waals surface area contributed by atoms with Crippen molar-refractivity contribution in [1.29, 1.82) is 0 Å². The molecule has 0 saturated carbocycles. The van der Waals surface area contributed by atoms with E-state index in [4.69, 9.17) is 0 Å². The molecular weight excluding hydrogens is 164 g/mol. The zero-order valence-electron chi connectivity index (χ0n) is 6.03. The fraction of sp³-hybridized carbons (Fsp3) is 0.857. The summed E-state index contributed by atoms with van der Waals surface area (Å²) in [4.78, 5) is 1.41. The van der Waals surface area contributed by atoms with E-state index in [1.807, 2.05) is 0 Å². The molecule has 1 radical (unpaired) electrons. The molecule has 49 valence electrons. The lowest BCUT2D eigenvalue weighted by Crippen LogP contribution is -2.04. The van der Waals surface area contributed by atoms with Crippen LogP contribution in [0, 0.1) is 16.7 Å². The van der Waals surface area contributed by atoms with E-state index >= 15 is 0 Å². The molecule has 0 nitrogen and oxygen atoms in total. The smallest absolute Gasteiger partial charge is 0.0461 e. The van der Waals surface area contributed by atoms with Gasteiger partial charge in [-0.3, -0.25) is 0 Å². The fourth-order valence-corrected chi connectivity index (χ4v) is 0.667. The highest BCUT2D eigenvalue weighted by Gasteiger charge is 2.12. The second-order valence-corrected chi connectivity index (χ2v) is 3.61. The molecule has 0 bridgehead atoms. The predicted molar refractivity (Wildman–Crippen MR) is 41.8 cm³/mol. The summed E-state index contributed by atoms with van der Waals surface area (Å²) < 4.78 is 0. The van der Waals surface area contributed by atoms with Gasteiger partial charge >= 0.3 is 0 Å². The van der Waals surface area contributed by atoms with E-state index < -0.39 is 0 Å². The third-order valence-electron chi connectivity index (χ3n) is 1.10. The first-order chi connectivity index (χ1) is 3.55. The Kier molecular flexibility index (Phi) is 3.70. The minimum atomic E-state index is 0.676. The summed E-state index contributed by atoms with van der Waals surface area (Å²) in [6, 6.07) is 0. The molecule has 0 aliphatic heterocycles. The Morgan fingerprint density at radius 2 is 1.25 bits per heavy atom. The van der Waals surface area contributed by atoms with Gasteiger partial charge in [0.15, 0.2) is 0 Å². The third-order valence-corrected chi connectivity index (χ3v) is 2.93.